The summed E-state index contributed by atoms with van der Waals surface area (Å²) >= 11 is 0. The fourth-order valence-corrected chi connectivity index (χ4v) is 7.94. The Balaban J connectivity index is 1.22. The Labute approximate surface area is 301 Å². The van der Waals surface area contributed by atoms with E-state index >= 15 is 0 Å². The number of pyridine rings is 3. The second-order valence-corrected chi connectivity index (χ2v) is 13.3. The van der Waals surface area contributed by atoms with Gasteiger partial charge in [-0.25, -0.2) is 4.98 Å². The summed E-state index contributed by atoms with van der Waals surface area (Å²) in [5.74, 6) is 0.230. The van der Waals surface area contributed by atoms with Crippen LogP contribution in [0.4, 0.5) is 0 Å². The van der Waals surface area contributed by atoms with Gasteiger partial charge in [0.1, 0.15) is 0 Å². The molecule has 1 aliphatic carbocycles. The number of nitrogens with zero attached hydrogens (tertiary/aromatic N) is 5. The van der Waals surface area contributed by atoms with Crippen LogP contribution in [0.1, 0.15) is 35.2 Å². The van der Waals surface area contributed by atoms with Crippen molar-refractivity contribution in [3.63, 3.8) is 0 Å². The summed E-state index contributed by atoms with van der Waals surface area (Å²) in [7, 11) is 0. The van der Waals surface area contributed by atoms with Crippen LogP contribution in [-0.2, 0) is 0 Å². The molecule has 5 nitrogen and oxygen atoms in total. The van der Waals surface area contributed by atoms with Crippen molar-refractivity contribution in [2.75, 3.05) is 0 Å². The Kier molecular flexibility index (Phi) is 7.03. The first-order valence-corrected chi connectivity index (χ1v) is 17.7. The van der Waals surface area contributed by atoms with Crippen LogP contribution in [-0.4, -0.2) is 24.1 Å². The molecule has 0 radical (unpaired) electrons. The Hall–Kier alpha value is -6.85. The van der Waals surface area contributed by atoms with Gasteiger partial charge in [0.05, 0.1) is 39.5 Å². The van der Waals surface area contributed by atoms with Gasteiger partial charge in [-0.2, -0.15) is 0 Å². The van der Waals surface area contributed by atoms with E-state index in [0.29, 0.717) is 0 Å². The summed E-state index contributed by atoms with van der Waals surface area (Å²) in [6, 6.07) is 51.1. The zero-order valence-electron chi connectivity index (χ0n) is 28.6. The van der Waals surface area contributed by atoms with Crippen molar-refractivity contribution in [3.8, 4) is 45.3 Å². The van der Waals surface area contributed by atoms with E-state index in [1.54, 1.807) is 0 Å². The molecular formula is C47H33N5. The number of rotatable bonds is 6. The van der Waals surface area contributed by atoms with Gasteiger partial charge in [0.25, 0.3) is 0 Å². The number of fused-ring (bicyclic) bond motifs is 6. The summed E-state index contributed by atoms with van der Waals surface area (Å²) < 4.78 is 4.70. The molecule has 5 heterocycles. The lowest BCUT2D eigenvalue weighted by molar-refractivity contribution is 0.953. The van der Waals surface area contributed by atoms with Crippen molar-refractivity contribution in [3.05, 3.63) is 187 Å². The van der Waals surface area contributed by atoms with Gasteiger partial charge >= 0.3 is 0 Å². The number of hydrogen-bond donors (Lipinski definition) is 0. The molecular weight excluding hydrogens is 635 g/mol. The zero-order valence-corrected chi connectivity index (χ0v) is 28.6. The lowest BCUT2D eigenvalue weighted by atomic mass is 9.96. The Bertz CT molecular complexity index is 2740. The molecule has 0 saturated heterocycles. The third kappa shape index (κ3) is 4.89. The summed E-state index contributed by atoms with van der Waals surface area (Å²) in [5.41, 5.74) is 15.3. The number of aromatic nitrogens is 5. The van der Waals surface area contributed by atoms with E-state index in [4.69, 9.17) is 15.0 Å². The number of benzene rings is 4. The van der Waals surface area contributed by atoms with E-state index < -0.39 is 0 Å². The molecule has 1 atom stereocenters. The van der Waals surface area contributed by atoms with E-state index in [2.05, 4.69) is 144 Å². The van der Waals surface area contributed by atoms with Crippen molar-refractivity contribution in [1.82, 2.24) is 24.1 Å². The highest BCUT2D eigenvalue weighted by Gasteiger charge is 2.29. The van der Waals surface area contributed by atoms with E-state index in [1.807, 2.05) is 48.8 Å². The van der Waals surface area contributed by atoms with Crippen LogP contribution >= 0.6 is 0 Å². The Morgan fingerprint density at radius 1 is 0.577 bits per heavy atom. The molecule has 0 spiro atoms. The topological polar surface area (TPSA) is 48.5 Å². The number of hydrogen-bond acceptors (Lipinski definition) is 3. The van der Waals surface area contributed by atoms with Gasteiger partial charge in [0.15, 0.2) is 0 Å². The quantitative estimate of drug-likeness (QED) is 0.177. The molecule has 1 unspecified atom stereocenters. The maximum atomic E-state index is 5.09. The van der Waals surface area contributed by atoms with Crippen molar-refractivity contribution in [1.29, 1.82) is 0 Å². The van der Waals surface area contributed by atoms with Gasteiger partial charge in [0, 0.05) is 52.2 Å². The smallest absolute Gasteiger partial charge is 0.0915 e. The molecule has 0 fully saturated rings. The highest BCUT2D eigenvalue weighted by atomic mass is 15.0. The van der Waals surface area contributed by atoms with Crippen LogP contribution in [0.2, 0.25) is 0 Å². The van der Waals surface area contributed by atoms with Crippen LogP contribution in [0.5, 0.6) is 0 Å². The highest BCUT2D eigenvalue weighted by Crippen LogP contribution is 2.49. The molecule has 4 aromatic carbocycles. The molecule has 0 N–H and O–H groups in total. The van der Waals surface area contributed by atoms with Crippen molar-refractivity contribution in [2.24, 2.45) is 0 Å². The zero-order chi connectivity index (χ0) is 34.6. The van der Waals surface area contributed by atoms with Crippen LogP contribution in [0.3, 0.4) is 0 Å². The van der Waals surface area contributed by atoms with Crippen molar-refractivity contribution < 1.29 is 0 Å². The molecule has 5 heteroatoms. The summed E-state index contributed by atoms with van der Waals surface area (Å²) in [4.78, 5) is 14.5. The monoisotopic (exact) mass is 667 g/mol. The summed E-state index contributed by atoms with van der Waals surface area (Å²) in [5, 5.41) is 2.41. The van der Waals surface area contributed by atoms with Crippen LogP contribution in [0.25, 0.3) is 79.2 Å². The van der Waals surface area contributed by atoms with Crippen LogP contribution < -0.4 is 0 Å². The predicted molar refractivity (Wildman–Crippen MR) is 213 cm³/mol. The normalized spacial score (nSPS) is 13.6. The van der Waals surface area contributed by atoms with Gasteiger partial charge < -0.3 is 9.13 Å². The molecule has 52 heavy (non-hydrogen) atoms. The highest BCUT2D eigenvalue weighted by molar-refractivity contribution is 6.01. The van der Waals surface area contributed by atoms with E-state index in [-0.39, 0.29) is 5.92 Å². The second-order valence-electron chi connectivity index (χ2n) is 13.3. The minimum Gasteiger partial charge on any atom is -0.315 e. The summed E-state index contributed by atoms with van der Waals surface area (Å²) in [6.45, 7) is 2.33. The van der Waals surface area contributed by atoms with Gasteiger partial charge in [-0.15, -0.1) is 0 Å². The van der Waals surface area contributed by atoms with E-state index in [0.717, 1.165) is 45.4 Å². The van der Waals surface area contributed by atoms with Crippen molar-refractivity contribution >= 4 is 34.0 Å². The van der Waals surface area contributed by atoms with Crippen LogP contribution in [0.15, 0.2) is 164 Å². The molecule has 9 aromatic rings. The van der Waals surface area contributed by atoms with Gasteiger partial charge in [-0.05, 0) is 89.0 Å². The molecule has 5 aromatic heterocycles. The fourth-order valence-electron chi connectivity index (χ4n) is 7.94. The van der Waals surface area contributed by atoms with Crippen LogP contribution in [0, 0.1) is 0 Å². The molecule has 0 bridgehead atoms. The maximum Gasteiger partial charge on any atom is 0.0915 e. The molecule has 1 aliphatic rings. The molecule has 0 amide bonds. The molecule has 0 saturated carbocycles. The standard InChI is InChI=1S/C47H33N5/c1-31-37-16-6-7-17-39(37)40-24-23-38-33(21-22-35-27-32-13-5-8-20-45(32)52(35)34-14-3-2-4-15-34)30-51(47(38)46(31)40)36-28-43(41-18-9-11-25-48-41)50-44(29-36)42-19-10-12-26-49-42/h2-31H,1H3/b22-21-. The third-order valence-corrected chi connectivity index (χ3v) is 10.3. The molecule has 0 aliphatic heterocycles. The predicted octanol–water partition coefficient (Wildman–Crippen LogP) is 11.4. The number of para-hydroxylation sites is 2. The Morgan fingerprint density at radius 3 is 2.02 bits per heavy atom. The maximum absolute atomic E-state index is 5.09. The van der Waals surface area contributed by atoms with Crippen molar-refractivity contribution in [2.45, 2.75) is 12.8 Å². The first-order chi connectivity index (χ1) is 25.7. The lowest BCUT2D eigenvalue weighted by Gasteiger charge is -2.15. The SMILES string of the molecule is CC1c2ccccc2-c2ccc3c(/C=C\c4cc5ccccc5n4-c4ccccc4)cn(-c4cc(-c5ccccn5)nc(-c5ccccn5)c4)c3c21. The first kappa shape index (κ1) is 30.0. The average Bonchev–Trinajstić information content (AvgIpc) is 3.87. The summed E-state index contributed by atoms with van der Waals surface area (Å²) in [6.07, 6.45) is 10.4. The average molecular weight is 668 g/mol. The lowest BCUT2D eigenvalue weighted by Crippen LogP contribution is -2.01. The van der Waals surface area contributed by atoms with E-state index in [9.17, 15) is 0 Å². The molecule has 246 valence electrons. The third-order valence-electron chi connectivity index (χ3n) is 10.3. The molecule has 10 rings (SSSR count). The van der Waals surface area contributed by atoms with Gasteiger partial charge in [0.2, 0.25) is 0 Å². The van der Waals surface area contributed by atoms with E-state index in [1.165, 1.54) is 44.1 Å². The minimum absolute atomic E-state index is 0.230. The van der Waals surface area contributed by atoms with Gasteiger partial charge in [-0.1, -0.05) is 97.9 Å². The fraction of sp³-hybridized carbons (Fsp3) is 0.0426. The minimum atomic E-state index is 0.230. The first-order valence-electron chi connectivity index (χ1n) is 17.7. The Morgan fingerprint density at radius 2 is 1.27 bits per heavy atom. The second kappa shape index (κ2) is 12.2. The van der Waals surface area contributed by atoms with Gasteiger partial charge in [-0.3, -0.25) is 9.97 Å². The largest absolute Gasteiger partial charge is 0.315 e.